The van der Waals surface area contributed by atoms with E-state index in [9.17, 15) is 9.59 Å². The van der Waals surface area contributed by atoms with Crippen LogP contribution in [0.15, 0.2) is 30.5 Å². The number of hydrogen-bond donors (Lipinski definition) is 3. The maximum Gasteiger partial charge on any atom is 0.250 e. The van der Waals surface area contributed by atoms with Crippen molar-refractivity contribution in [3.05, 3.63) is 46.2 Å². The van der Waals surface area contributed by atoms with Crippen LogP contribution in [0.3, 0.4) is 0 Å². The molecule has 2 aromatic heterocycles. The molecular weight excluding hydrogens is 559 g/mol. The number of carbonyl (C=O) groups is 2. The lowest BCUT2D eigenvalue weighted by molar-refractivity contribution is -0.121. The second kappa shape index (κ2) is 12.3. The summed E-state index contributed by atoms with van der Waals surface area (Å²) in [5.41, 5.74) is 2.42. The summed E-state index contributed by atoms with van der Waals surface area (Å²) in [6.07, 6.45) is 7.32. The molecule has 11 nitrogen and oxygen atoms in total. The zero-order valence-electron chi connectivity index (χ0n) is 21.9. The minimum atomic E-state index is -0.494. The highest BCUT2D eigenvalue weighted by Crippen LogP contribution is 2.46. The standard InChI is InChI=1S/C27H28Cl2N6O5/c1-38-20-8-21(39-2)25(29)23(24(20)28)17-7-15-9-31-27(35-26(15)18(33-17)10-30-16-4-5-16)34-19-12-40-11-14(19)3-6-22(37)32-13-36/h3,6-9,13-14,16,19,30H,4-5,10-12H2,1-2H3,(H,31,34,35)(H,32,36,37)/t14-,19+/m0/s1. The average Bonchev–Trinajstić information content (AvgIpc) is 3.68. The molecule has 0 unspecified atom stereocenters. The van der Waals surface area contributed by atoms with Crippen LogP contribution in [0.25, 0.3) is 22.2 Å². The van der Waals surface area contributed by atoms with Gasteiger partial charge in [-0.1, -0.05) is 29.3 Å². The van der Waals surface area contributed by atoms with Gasteiger partial charge in [0.2, 0.25) is 18.3 Å². The smallest absolute Gasteiger partial charge is 0.250 e. The quantitative estimate of drug-likeness (QED) is 0.226. The molecular formula is C27H28Cl2N6O5. The number of imide groups is 1. The molecule has 210 valence electrons. The summed E-state index contributed by atoms with van der Waals surface area (Å²) >= 11 is 13.4. The normalized spacial score (nSPS) is 18.7. The molecule has 1 aromatic carbocycles. The largest absolute Gasteiger partial charge is 0.495 e. The zero-order valence-corrected chi connectivity index (χ0v) is 23.4. The second-order valence-corrected chi connectivity index (χ2v) is 10.2. The number of methoxy groups -OCH3 is 2. The lowest BCUT2D eigenvalue weighted by Gasteiger charge is -2.18. The second-order valence-electron chi connectivity index (χ2n) is 9.46. The molecule has 1 aliphatic heterocycles. The Morgan fingerprint density at radius 3 is 2.55 bits per heavy atom. The molecule has 40 heavy (non-hydrogen) atoms. The van der Waals surface area contributed by atoms with Gasteiger partial charge in [0.05, 0.1) is 60.4 Å². The van der Waals surface area contributed by atoms with Crippen molar-refractivity contribution in [3.8, 4) is 22.8 Å². The molecule has 2 aliphatic rings. The highest BCUT2D eigenvalue weighted by Gasteiger charge is 2.28. The number of rotatable bonds is 11. The Kier molecular flexibility index (Phi) is 8.65. The molecule has 1 aliphatic carbocycles. The summed E-state index contributed by atoms with van der Waals surface area (Å²) in [6.45, 7) is 1.32. The molecule has 2 atom stereocenters. The Bertz CT molecular complexity index is 1440. The number of halogens is 2. The minimum Gasteiger partial charge on any atom is -0.495 e. The van der Waals surface area contributed by atoms with Crippen LogP contribution < -0.4 is 25.4 Å². The maximum atomic E-state index is 11.6. The predicted molar refractivity (Wildman–Crippen MR) is 151 cm³/mol. The topological polar surface area (TPSA) is 137 Å². The number of nitrogens with zero attached hydrogens (tertiary/aromatic N) is 3. The number of amides is 2. The van der Waals surface area contributed by atoms with Crippen molar-refractivity contribution >= 4 is 52.4 Å². The van der Waals surface area contributed by atoms with E-state index < -0.39 is 5.91 Å². The predicted octanol–water partition coefficient (Wildman–Crippen LogP) is 3.52. The van der Waals surface area contributed by atoms with Crippen LogP contribution in [-0.4, -0.2) is 66.8 Å². The molecule has 0 radical (unpaired) electrons. The van der Waals surface area contributed by atoms with E-state index in [2.05, 4.69) is 20.9 Å². The number of ether oxygens (including phenoxy) is 3. The van der Waals surface area contributed by atoms with Crippen LogP contribution in [0.5, 0.6) is 11.5 Å². The summed E-state index contributed by atoms with van der Waals surface area (Å²) in [6, 6.07) is 3.75. The summed E-state index contributed by atoms with van der Waals surface area (Å²) in [7, 11) is 3.05. The molecule has 3 N–H and O–H groups in total. The Morgan fingerprint density at radius 1 is 1.12 bits per heavy atom. The zero-order chi connectivity index (χ0) is 28.2. The number of benzene rings is 1. The maximum absolute atomic E-state index is 11.6. The SMILES string of the molecule is COc1cc(OC)c(Cl)c(-c2cc3cnc(N[C@@H]4COC[C@@H]4C=CC(=O)NC=O)nc3c(CNC3CC3)n2)c1Cl. The number of carbonyl (C=O) groups excluding carboxylic acids is 2. The Labute approximate surface area is 240 Å². The first kappa shape index (κ1) is 28.0. The van der Waals surface area contributed by atoms with Crippen LogP contribution in [0.4, 0.5) is 5.95 Å². The number of aromatic nitrogens is 3. The number of nitrogens with one attached hydrogen (secondary N) is 3. The van der Waals surface area contributed by atoms with Gasteiger partial charge in [-0.3, -0.25) is 14.9 Å². The van der Waals surface area contributed by atoms with Gasteiger partial charge in [0.15, 0.2) is 0 Å². The van der Waals surface area contributed by atoms with E-state index in [1.807, 2.05) is 6.07 Å². The first-order valence-electron chi connectivity index (χ1n) is 12.7. The van der Waals surface area contributed by atoms with Crippen molar-refractivity contribution in [2.45, 2.75) is 31.5 Å². The molecule has 5 rings (SSSR count). The Hall–Kier alpha value is -3.51. The van der Waals surface area contributed by atoms with Crippen molar-refractivity contribution in [3.63, 3.8) is 0 Å². The summed E-state index contributed by atoms with van der Waals surface area (Å²) in [5, 5.41) is 10.3. The number of hydrogen-bond acceptors (Lipinski definition) is 10. The number of anilines is 1. The van der Waals surface area contributed by atoms with Crippen molar-refractivity contribution in [1.82, 2.24) is 25.6 Å². The molecule has 0 bridgehead atoms. The highest BCUT2D eigenvalue weighted by atomic mass is 35.5. The van der Waals surface area contributed by atoms with Gasteiger partial charge in [-0.25, -0.2) is 15.0 Å². The fourth-order valence-corrected chi connectivity index (χ4v) is 5.15. The minimum absolute atomic E-state index is 0.111. The van der Waals surface area contributed by atoms with Gasteiger partial charge in [0.1, 0.15) is 11.5 Å². The highest BCUT2D eigenvalue weighted by molar-refractivity contribution is 6.41. The fourth-order valence-electron chi connectivity index (χ4n) is 4.46. The number of fused-ring (bicyclic) bond motifs is 1. The molecule has 3 aromatic rings. The van der Waals surface area contributed by atoms with Crippen LogP contribution >= 0.6 is 23.2 Å². The van der Waals surface area contributed by atoms with Gasteiger partial charge in [-0.15, -0.1) is 0 Å². The van der Waals surface area contributed by atoms with Crippen molar-refractivity contribution < 1.29 is 23.8 Å². The van der Waals surface area contributed by atoms with E-state index in [1.165, 1.54) is 20.3 Å². The van der Waals surface area contributed by atoms with Crippen LogP contribution in [-0.2, 0) is 20.9 Å². The Balaban J connectivity index is 1.50. The Morgan fingerprint density at radius 2 is 1.88 bits per heavy atom. The van der Waals surface area contributed by atoms with Gasteiger partial charge < -0.3 is 24.8 Å². The monoisotopic (exact) mass is 586 g/mol. The van der Waals surface area contributed by atoms with Crippen molar-refractivity contribution in [1.29, 1.82) is 0 Å². The van der Waals surface area contributed by atoms with E-state index in [1.54, 1.807) is 18.3 Å². The molecule has 13 heteroatoms. The van der Waals surface area contributed by atoms with Gasteiger partial charge in [-0.2, -0.15) is 0 Å². The van der Waals surface area contributed by atoms with E-state index >= 15 is 0 Å². The van der Waals surface area contributed by atoms with Gasteiger partial charge in [-0.05, 0) is 25.0 Å². The summed E-state index contributed by atoms with van der Waals surface area (Å²) < 4.78 is 16.5. The summed E-state index contributed by atoms with van der Waals surface area (Å²) in [5.74, 6) is 0.630. The molecule has 1 saturated heterocycles. The van der Waals surface area contributed by atoms with E-state index in [4.69, 9.17) is 47.4 Å². The van der Waals surface area contributed by atoms with Crippen molar-refractivity contribution in [2.75, 3.05) is 32.8 Å². The lowest BCUT2D eigenvalue weighted by Crippen LogP contribution is -2.28. The first-order valence-corrected chi connectivity index (χ1v) is 13.4. The van der Waals surface area contributed by atoms with Crippen molar-refractivity contribution in [2.24, 2.45) is 5.92 Å². The van der Waals surface area contributed by atoms with Gasteiger partial charge in [0.25, 0.3) is 0 Å². The molecule has 2 amide bonds. The molecule has 0 spiro atoms. The van der Waals surface area contributed by atoms with Crippen LogP contribution in [0, 0.1) is 5.92 Å². The molecule has 1 saturated carbocycles. The summed E-state index contributed by atoms with van der Waals surface area (Å²) in [4.78, 5) is 36.4. The van der Waals surface area contributed by atoms with Crippen LogP contribution in [0.2, 0.25) is 10.0 Å². The van der Waals surface area contributed by atoms with Gasteiger partial charge >= 0.3 is 0 Å². The van der Waals surface area contributed by atoms with E-state index in [-0.39, 0.29) is 12.0 Å². The number of pyridine rings is 1. The van der Waals surface area contributed by atoms with E-state index in [0.717, 1.165) is 18.2 Å². The first-order chi connectivity index (χ1) is 19.4. The third-order valence-electron chi connectivity index (χ3n) is 6.74. The fraction of sp³-hybridized carbons (Fsp3) is 0.370. The van der Waals surface area contributed by atoms with E-state index in [0.29, 0.717) is 82.2 Å². The average molecular weight is 587 g/mol. The van der Waals surface area contributed by atoms with Crippen LogP contribution in [0.1, 0.15) is 18.5 Å². The third-order valence-corrected chi connectivity index (χ3v) is 7.49. The molecule has 3 heterocycles. The van der Waals surface area contributed by atoms with Gasteiger partial charge in [0, 0.05) is 41.7 Å². The third kappa shape index (κ3) is 6.12. The lowest BCUT2D eigenvalue weighted by atomic mass is 10.0. The molecule has 2 fully saturated rings.